The minimum atomic E-state index is 0.439. The first-order valence-electron chi connectivity index (χ1n) is 6.95. The maximum absolute atomic E-state index is 5.77. The number of imidazole rings is 1. The maximum Gasteiger partial charge on any atom is 0.136 e. The highest BCUT2D eigenvalue weighted by Crippen LogP contribution is 2.25. The molecular formula is C16H19N5. The van der Waals surface area contributed by atoms with Gasteiger partial charge in [0.2, 0.25) is 0 Å². The molecule has 0 aliphatic carbocycles. The Hall–Kier alpha value is -2.40. The van der Waals surface area contributed by atoms with Gasteiger partial charge in [0.1, 0.15) is 11.6 Å². The van der Waals surface area contributed by atoms with Crippen molar-refractivity contribution in [1.82, 2.24) is 14.5 Å². The van der Waals surface area contributed by atoms with Crippen molar-refractivity contribution in [1.29, 1.82) is 0 Å². The van der Waals surface area contributed by atoms with Crippen molar-refractivity contribution >= 4 is 16.6 Å². The molecule has 0 bridgehead atoms. The second-order valence-electron chi connectivity index (χ2n) is 5.17. The highest BCUT2D eigenvalue weighted by molar-refractivity contribution is 5.92. The van der Waals surface area contributed by atoms with Crippen LogP contribution in [0.15, 0.2) is 42.7 Å². The van der Waals surface area contributed by atoms with Crippen molar-refractivity contribution in [2.24, 2.45) is 12.8 Å². The molecule has 0 fully saturated rings. The largest absolute Gasteiger partial charge is 0.352 e. The maximum atomic E-state index is 5.77. The molecule has 0 spiro atoms. The summed E-state index contributed by atoms with van der Waals surface area (Å²) >= 11 is 0. The molecule has 0 saturated carbocycles. The molecule has 21 heavy (non-hydrogen) atoms. The van der Waals surface area contributed by atoms with Gasteiger partial charge in [0.15, 0.2) is 0 Å². The van der Waals surface area contributed by atoms with Crippen molar-refractivity contribution in [3.05, 3.63) is 54.2 Å². The van der Waals surface area contributed by atoms with Crippen LogP contribution in [0.2, 0.25) is 0 Å². The smallest absolute Gasteiger partial charge is 0.136 e. The Labute approximate surface area is 124 Å². The molecule has 5 heteroatoms. The van der Waals surface area contributed by atoms with Crippen LogP contribution < -0.4 is 10.6 Å². The van der Waals surface area contributed by atoms with Crippen LogP contribution in [0.3, 0.4) is 0 Å². The summed E-state index contributed by atoms with van der Waals surface area (Å²) in [7, 11) is 4.03. The first kappa shape index (κ1) is 13.6. The summed E-state index contributed by atoms with van der Waals surface area (Å²) in [4.78, 5) is 11.2. The van der Waals surface area contributed by atoms with E-state index in [0.29, 0.717) is 13.1 Å². The van der Waals surface area contributed by atoms with Crippen LogP contribution in [-0.2, 0) is 20.1 Å². The van der Waals surface area contributed by atoms with Gasteiger partial charge < -0.3 is 15.2 Å². The fourth-order valence-corrected chi connectivity index (χ4v) is 2.47. The summed E-state index contributed by atoms with van der Waals surface area (Å²) in [5.41, 5.74) is 6.67. The molecule has 0 aliphatic heterocycles. The number of nitrogens with two attached hydrogens (primary N) is 1. The first-order chi connectivity index (χ1) is 10.2. The summed E-state index contributed by atoms with van der Waals surface area (Å²) in [6, 6.07) is 10.3. The first-order valence-corrected chi connectivity index (χ1v) is 6.95. The fraction of sp³-hybridized carbons (Fsp3) is 0.250. The quantitative estimate of drug-likeness (QED) is 0.795. The number of anilines is 1. The van der Waals surface area contributed by atoms with Gasteiger partial charge in [-0.25, -0.2) is 9.97 Å². The van der Waals surface area contributed by atoms with E-state index < -0.39 is 0 Å². The predicted octanol–water partition coefficient (Wildman–Crippen LogP) is 2.06. The lowest BCUT2D eigenvalue weighted by molar-refractivity contribution is 0.755. The zero-order chi connectivity index (χ0) is 14.8. The normalized spacial score (nSPS) is 11.0. The fourth-order valence-electron chi connectivity index (χ4n) is 2.47. The monoisotopic (exact) mass is 281 g/mol. The second kappa shape index (κ2) is 5.54. The Kier molecular flexibility index (Phi) is 3.58. The van der Waals surface area contributed by atoms with E-state index in [-0.39, 0.29) is 0 Å². The van der Waals surface area contributed by atoms with Crippen LogP contribution in [-0.4, -0.2) is 21.6 Å². The lowest BCUT2D eigenvalue weighted by Crippen LogP contribution is -2.21. The number of aromatic nitrogens is 3. The zero-order valence-electron chi connectivity index (χ0n) is 12.3. The Bertz CT molecular complexity index is 762. The molecule has 3 rings (SSSR count). The molecule has 108 valence electrons. The van der Waals surface area contributed by atoms with E-state index in [9.17, 15) is 0 Å². The van der Waals surface area contributed by atoms with E-state index in [1.165, 1.54) is 0 Å². The van der Waals surface area contributed by atoms with Gasteiger partial charge in [-0.1, -0.05) is 24.3 Å². The summed E-state index contributed by atoms with van der Waals surface area (Å²) in [6.45, 7) is 1.14. The van der Waals surface area contributed by atoms with Gasteiger partial charge in [0, 0.05) is 38.4 Å². The number of fused-ring (bicyclic) bond motifs is 1. The average molecular weight is 281 g/mol. The highest BCUT2D eigenvalue weighted by atomic mass is 15.2. The van der Waals surface area contributed by atoms with Crippen LogP contribution in [0.25, 0.3) is 10.8 Å². The average Bonchev–Trinajstić information content (AvgIpc) is 2.91. The van der Waals surface area contributed by atoms with Crippen molar-refractivity contribution in [2.75, 3.05) is 11.9 Å². The van der Waals surface area contributed by atoms with E-state index in [4.69, 9.17) is 10.7 Å². The molecule has 0 amide bonds. The van der Waals surface area contributed by atoms with Gasteiger partial charge in [0.05, 0.1) is 12.2 Å². The molecule has 0 saturated heterocycles. The van der Waals surface area contributed by atoms with E-state index in [2.05, 4.69) is 22.0 Å². The van der Waals surface area contributed by atoms with Gasteiger partial charge >= 0.3 is 0 Å². The number of benzene rings is 1. The molecular weight excluding hydrogens is 262 g/mol. The third-order valence-corrected chi connectivity index (χ3v) is 3.64. The molecule has 2 N–H and O–H groups in total. The van der Waals surface area contributed by atoms with Crippen molar-refractivity contribution in [3.8, 4) is 0 Å². The second-order valence-corrected chi connectivity index (χ2v) is 5.17. The molecule has 2 aromatic heterocycles. The van der Waals surface area contributed by atoms with E-state index in [0.717, 1.165) is 28.1 Å². The number of nitrogens with zero attached hydrogens (tertiary/aromatic N) is 4. The molecule has 3 aromatic rings. The summed E-state index contributed by atoms with van der Waals surface area (Å²) in [6.07, 6.45) is 3.76. The van der Waals surface area contributed by atoms with Crippen molar-refractivity contribution in [3.63, 3.8) is 0 Å². The minimum Gasteiger partial charge on any atom is -0.352 e. The summed E-state index contributed by atoms with van der Waals surface area (Å²) in [5.74, 6) is 1.94. The molecule has 0 radical (unpaired) electrons. The SMILES string of the molecule is CN(Cc1nccn1C)c1nc(CN)cc2ccccc12. The van der Waals surface area contributed by atoms with Gasteiger partial charge in [-0.15, -0.1) is 0 Å². The number of aryl methyl sites for hydroxylation is 1. The Morgan fingerprint density at radius 1 is 1.29 bits per heavy atom. The molecule has 0 aliphatic rings. The zero-order valence-corrected chi connectivity index (χ0v) is 12.3. The third-order valence-electron chi connectivity index (χ3n) is 3.64. The van der Waals surface area contributed by atoms with Crippen LogP contribution in [0.1, 0.15) is 11.5 Å². The topological polar surface area (TPSA) is 60.0 Å². The summed E-state index contributed by atoms with van der Waals surface area (Å²) < 4.78 is 2.02. The lowest BCUT2D eigenvalue weighted by Gasteiger charge is -2.20. The van der Waals surface area contributed by atoms with E-state index in [1.807, 2.05) is 49.3 Å². The van der Waals surface area contributed by atoms with E-state index in [1.54, 1.807) is 0 Å². The van der Waals surface area contributed by atoms with Crippen LogP contribution in [0.5, 0.6) is 0 Å². The van der Waals surface area contributed by atoms with Crippen LogP contribution >= 0.6 is 0 Å². The summed E-state index contributed by atoms with van der Waals surface area (Å²) in [5, 5.41) is 2.29. The van der Waals surface area contributed by atoms with Crippen LogP contribution in [0.4, 0.5) is 5.82 Å². The van der Waals surface area contributed by atoms with Gasteiger partial charge in [-0.2, -0.15) is 0 Å². The number of hydrogen-bond acceptors (Lipinski definition) is 4. The number of pyridine rings is 1. The molecule has 2 heterocycles. The molecule has 0 unspecified atom stereocenters. The molecule has 0 atom stereocenters. The Balaban J connectivity index is 2.04. The standard InChI is InChI=1S/C16H19N5/c1-20-8-7-18-15(20)11-21(2)16-14-6-4-3-5-12(14)9-13(10-17)19-16/h3-9H,10-11,17H2,1-2H3. The molecule has 1 aromatic carbocycles. The van der Waals surface area contributed by atoms with Crippen molar-refractivity contribution < 1.29 is 0 Å². The number of rotatable bonds is 4. The minimum absolute atomic E-state index is 0.439. The molecule has 5 nitrogen and oxygen atoms in total. The predicted molar refractivity (Wildman–Crippen MR) is 84.9 cm³/mol. The highest BCUT2D eigenvalue weighted by Gasteiger charge is 2.12. The van der Waals surface area contributed by atoms with Crippen LogP contribution in [0, 0.1) is 0 Å². The Morgan fingerprint density at radius 2 is 2.10 bits per heavy atom. The van der Waals surface area contributed by atoms with Gasteiger partial charge in [-0.05, 0) is 11.5 Å². The Morgan fingerprint density at radius 3 is 2.81 bits per heavy atom. The van der Waals surface area contributed by atoms with E-state index >= 15 is 0 Å². The van der Waals surface area contributed by atoms with Gasteiger partial charge in [-0.3, -0.25) is 0 Å². The third kappa shape index (κ3) is 2.60. The lowest BCUT2D eigenvalue weighted by atomic mass is 10.1. The van der Waals surface area contributed by atoms with Crippen molar-refractivity contribution in [2.45, 2.75) is 13.1 Å². The van der Waals surface area contributed by atoms with Gasteiger partial charge in [0.25, 0.3) is 0 Å². The number of hydrogen-bond donors (Lipinski definition) is 1.